The Labute approximate surface area is 147 Å². The highest BCUT2D eigenvalue weighted by Gasteiger charge is 2.15. The number of hydrogen-bond acceptors (Lipinski definition) is 5. The van der Waals surface area contributed by atoms with E-state index in [1.54, 1.807) is 24.8 Å². The van der Waals surface area contributed by atoms with E-state index in [-0.39, 0.29) is 0 Å². The van der Waals surface area contributed by atoms with Crippen LogP contribution in [-0.2, 0) is 0 Å². The maximum absolute atomic E-state index is 6.12. The van der Waals surface area contributed by atoms with Gasteiger partial charge in [-0.05, 0) is 24.3 Å². The molecule has 0 unspecified atom stereocenters. The Morgan fingerprint density at radius 2 is 1.92 bits per heavy atom. The first-order valence-electron chi connectivity index (χ1n) is 7.68. The summed E-state index contributed by atoms with van der Waals surface area (Å²) in [6.07, 6.45) is 8.78. The van der Waals surface area contributed by atoms with Crippen LogP contribution in [0.3, 0.4) is 0 Å². The van der Waals surface area contributed by atoms with Crippen LogP contribution < -0.4 is 5.32 Å². The number of rotatable bonds is 2. The number of aromatic nitrogens is 5. The third-order valence-electron chi connectivity index (χ3n) is 4.03. The van der Waals surface area contributed by atoms with Crippen molar-refractivity contribution in [3.05, 3.63) is 66.3 Å². The first kappa shape index (κ1) is 14.1. The predicted molar refractivity (Wildman–Crippen MR) is 98.3 cm³/mol. The van der Waals surface area contributed by atoms with Crippen molar-refractivity contribution in [1.82, 2.24) is 24.3 Å². The summed E-state index contributed by atoms with van der Waals surface area (Å²) in [4.78, 5) is 17.8. The van der Waals surface area contributed by atoms with Crippen molar-refractivity contribution in [3.63, 3.8) is 0 Å². The summed E-state index contributed by atoms with van der Waals surface area (Å²) in [5, 5.41) is 5.05. The molecule has 0 aliphatic rings. The highest BCUT2D eigenvalue weighted by atomic mass is 35.5. The van der Waals surface area contributed by atoms with Crippen molar-refractivity contribution < 1.29 is 0 Å². The van der Waals surface area contributed by atoms with Gasteiger partial charge in [-0.15, -0.1) is 0 Å². The minimum atomic E-state index is 0.667. The fourth-order valence-electron chi connectivity index (χ4n) is 2.93. The minimum absolute atomic E-state index is 0.667. The summed E-state index contributed by atoms with van der Waals surface area (Å²) in [6.45, 7) is 0. The molecule has 5 rings (SSSR count). The van der Waals surface area contributed by atoms with E-state index in [4.69, 9.17) is 21.6 Å². The molecule has 0 amide bonds. The van der Waals surface area contributed by atoms with Crippen molar-refractivity contribution in [1.29, 1.82) is 0 Å². The Bertz CT molecular complexity index is 1250. The summed E-state index contributed by atoms with van der Waals surface area (Å²) in [7, 11) is 0. The van der Waals surface area contributed by atoms with Gasteiger partial charge in [-0.1, -0.05) is 17.7 Å². The molecule has 4 heterocycles. The zero-order valence-electron chi connectivity index (χ0n) is 12.9. The van der Waals surface area contributed by atoms with Crippen LogP contribution in [0, 0.1) is 0 Å². The van der Waals surface area contributed by atoms with Gasteiger partial charge < -0.3 is 5.32 Å². The number of benzene rings is 1. The van der Waals surface area contributed by atoms with Gasteiger partial charge in [0.05, 0.1) is 23.6 Å². The lowest BCUT2D eigenvalue weighted by atomic mass is 10.2. The van der Waals surface area contributed by atoms with Crippen LogP contribution in [0.4, 0.5) is 11.4 Å². The van der Waals surface area contributed by atoms with E-state index in [9.17, 15) is 0 Å². The van der Waals surface area contributed by atoms with Gasteiger partial charge in [0, 0.05) is 34.7 Å². The number of hydrogen-bond donors (Lipinski definition) is 1. The van der Waals surface area contributed by atoms with Gasteiger partial charge in [0.1, 0.15) is 5.52 Å². The molecule has 0 bridgehead atoms. The molecule has 0 fully saturated rings. The van der Waals surface area contributed by atoms with Gasteiger partial charge in [-0.25, -0.2) is 9.97 Å². The maximum Gasteiger partial charge on any atom is 0.167 e. The third kappa shape index (κ3) is 2.27. The van der Waals surface area contributed by atoms with Crippen LogP contribution in [-0.4, -0.2) is 24.3 Å². The molecule has 0 radical (unpaired) electrons. The molecule has 6 nitrogen and oxygen atoms in total. The van der Waals surface area contributed by atoms with Gasteiger partial charge in [0.15, 0.2) is 11.3 Å². The Balaban J connectivity index is 1.86. The normalized spacial score (nSPS) is 11.4. The van der Waals surface area contributed by atoms with E-state index in [0.29, 0.717) is 5.02 Å². The second kappa shape index (κ2) is 5.39. The molecule has 0 saturated carbocycles. The highest BCUT2D eigenvalue weighted by molar-refractivity contribution is 6.30. The average molecular weight is 347 g/mol. The predicted octanol–water partition coefficient (Wildman–Crippen LogP) is 4.22. The maximum atomic E-state index is 6.12. The lowest BCUT2D eigenvalue weighted by Crippen LogP contribution is -1.96. The topological polar surface area (TPSA) is 68.0 Å². The van der Waals surface area contributed by atoms with Crippen LogP contribution in [0.15, 0.2) is 61.3 Å². The first-order valence-corrected chi connectivity index (χ1v) is 8.05. The van der Waals surface area contributed by atoms with E-state index >= 15 is 0 Å². The summed E-state index contributed by atoms with van der Waals surface area (Å²) < 4.78 is 1.91. The first-order chi connectivity index (χ1) is 12.3. The molecular weight excluding hydrogens is 336 g/mol. The number of anilines is 2. The van der Waals surface area contributed by atoms with E-state index in [1.807, 2.05) is 40.9 Å². The molecule has 120 valence electrons. The number of pyridine rings is 2. The quantitative estimate of drug-likeness (QED) is 0.518. The molecule has 25 heavy (non-hydrogen) atoms. The van der Waals surface area contributed by atoms with Crippen molar-refractivity contribution in [2.45, 2.75) is 0 Å². The number of nitrogens with one attached hydrogen (secondary N) is 1. The van der Waals surface area contributed by atoms with Gasteiger partial charge >= 0.3 is 0 Å². The van der Waals surface area contributed by atoms with Crippen molar-refractivity contribution in [2.75, 3.05) is 5.32 Å². The zero-order chi connectivity index (χ0) is 16.8. The molecule has 0 spiro atoms. The highest BCUT2D eigenvalue weighted by Crippen LogP contribution is 2.33. The van der Waals surface area contributed by atoms with Crippen LogP contribution in [0.1, 0.15) is 0 Å². The summed E-state index contributed by atoms with van der Waals surface area (Å²) >= 11 is 6.12. The summed E-state index contributed by atoms with van der Waals surface area (Å²) in [6, 6.07) is 9.51. The van der Waals surface area contributed by atoms with E-state index in [0.717, 1.165) is 39.1 Å². The second-order valence-corrected chi connectivity index (χ2v) is 6.04. The SMILES string of the molecule is Clc1cccc(Nc2c3ccncc3nc3c2nc2cnccn23)c1. The molecule has 0 aliphatic carbocycles. The van der Waals surface area contributed by atoms with E-state index < -0.39 is 0 Å². The van der Waals surface area contributed by atoms with Crippen LogP contribution >= 0.6 is 11.6 Å². The number of imidazole rings is 1. The van der Waals surface area contributed by atoms with Gasteiger partial charge in [-0.2, -0.15) is 0 Å². The second-order valence-electron chi connectivity index (χ2n) is 5.60. The molecule has 1 aromatic carbocycles. The fraction of sp³-hybridized carbons (Fsp3) is 0. The minimum Gasteiger partial charge on any atom is -0.353 e. The number of fused-ring (bicyclic) bond motifs is 4. The number of halogens is 1. The van der Waals surface area contributed by atoms with Crippen molar-refractivity contribution >= 4 is 50.7 Å². The Hall–Kier alpha value is -3.25. The van der Waals surface area contributed by atoms with Crippen molar-refractivity contribution in [3.8, 4) is 0 Å². The number of nitrogens with zero attached hydrogens (tertiary/aromatic N) is 5. The average Bonchev–Trinajstić information content (AvgIpc) is 3.00. The van der Waals surface area contributed by atoms with Crippen LogP contribution in [0.5, 0.6) is 0 Å². The molecule has 0 atom stereocenters. The Morgan fingerprint density at radius 1 is 1.00 bits per heavy atom. The summed E-state index contributed by atoms with van der Waals surface area (Å²) in [5.41, 5.74) is 4.80. The Morgan fingerprint density at radius 3 is 2.84 bits per heavy atom. The van der Waals surface area contributed by atoms with E-state index in [2.05, 4.69) is 15.3 Å². The van der Waals surface area contributed by atoms with Crippen molar-refractivity contribution in [2.24, 2.45) is 0 Å². The van der Waals surface area contributed by atoms with Crippen LogP contribution in [0.25, 0.3) is 27.7 Å². The Kier molecular flexibility index (Phi) is 3.05. The largest absolute Gasteiger partial charge is 0.353 e. The fourth-order valence-corrected chi connectivity index (χ4v) is 3.12. The van der Waals surface area contributed by atoms with Crippen LogP contribution in [0.2, 0.25) is 5.02 Å². The van der Waals surface area contributed by atoms with Gasteiger partial charge in [-0.3, -0.25) is 14.4 Å². The van der Waals surface area contributed by atoms with Gasteiger partial charge in [0.25, 0.3) is 0 Å². The van der Waals surface area contributed by atoms with E-state index in [1.165, 1.54) is 0 Å². The molecule has 5 aromatic rings. The lowest BCUT2D eigenvalue weighted by molar-refractivity contribution is 1.13. The molecule has 7 heteroatoms. The molecular formula is C18H11ClN6. The smallest absolute Gasteiger partial charge is 0.167 e. The molecule has 1 N–H and O–H groups in total. The third-order valence-corrected chi connectivity index (χ3v) is 4.27. The standard InChI is InChI=1S/C18H11ClN6/c19-11-2-1-3-12(8-11)22-16-13-4-5-20-9-14(13)23-18-17(16)24-15-10-21-6-7-25(15)18/h1-10H,(H,22,23). The molecule has 4 aromatic heterocycles. The van der Waals surface area contributed by atoms with Gasteiger partial charge in [0.2, 0.25) is 0 Å². The monoisotopic (exact) mass is 346 g/mol. The summed E-state index contributed by atoms with van der Waals surface area (Å²) in [5.74, 6) is 0. The lowest BCUT2D eigenvalue weighted by Gasteiger charge is -2.10. The zero-order valence-corrected chi connectivity index (χ0v) is 13.6. The molecule has 0 saturated heterocycles. The molecule has 0 aliphatic heterocycles.